The first kappa shape index (κ1) is 21.4. The minimum atomic E-state index is -0.336. The molecule has 2 aromatic rings. The van der Waals surface area contributed by atoms with Gasteiger partial charge in [-0.2, -0.15) is 0 Å². The molecule has 1 aliphatic heterocycles. The number of amides is 2. The Hall–Kier alpha value is -3.28. The molecular weight excluding hydrogens is 380 g/mol. The molecule has 0 saturated carbocycles. The maximum absolute atomic E-state index is 12.5. The zero-order valence-corrected chi connectivity index (χ0v) is 17.8. The molecule has 2 amide bonds. The van der Waals surface area contributed by atoms with Gasteiger partial charge in [-0.1, -0.05) is 12.1 Å². The molecule has 0 saturated heterocycles. The van der Waals surface area contributed by atoms with Crippen LogP contribution in [0.5, 0.6) is 11.5 Å². The van der Waals surface area contributed by atoms with Crippen LogP contribution in [0.25, 0.3) is 6.08 Å². The number of para-hydroxylation sites is 1. The maximum atomic E-state index is 12.5. The van der Waals surface area contributed by atoms with E-state index in [2.05, 4.69) is 10.6 Å². The van der Waals surface area contributed by atoms with Crippen molar-refractivity contribution in [3.63, 3.8) is 0 Å². The van der Waals surface area contributed by atoms with E-state index < -0.39 is 0 Å². The second kappa shape index (κ2) is 9.48. The summed E-state index contributed by atoms with van der Waals surface area (Å²) >= 11 is 0. The Bertz CT molecular complexity index is 966. The SMILES string of the molecule is CCOc1cc2c(cc1/C=C/C(=O)Nc1ccccc1C(=O)NC(C)C)OC(C)C2. The topological polar surface area (TPSA) is 76.7 Å². The third-order valence-corrected chi connectivity index (χ3v) is 4.59. The van der Waals surface area contributed by atoms with E-state index in [1.807, 2.05) is 39.8 Å². The molecule has 1 aliphatic rings. The van der Waals surface area contributed by atoms with Crippen molar-refractivity contribution in [1.82, 2.24) is 5.32 Å². The Labute approximate surface area is 177 Å². The summed E-state index contributed by atoms with van der Waals surface area (Å²) in [6, 6.07) is 10.8. The van der Waals surface area contributed by atoms with Gasteiger partial charge in [0.2, 0.25) is 5.91 Å². The van der Waals surface area contributed by atoms with Gasteiger partial charge in [0.25, 0.3) is 5.91 Å². The van der Waals surface area contributed by atoms with E-state index >= 15 is 0 Å². The molecule has 2 N–H and O–H groups in total. The first-order valence-corrected chi connectivity index (χ1v) is 10.2. The molecule has 3 rings (SSSR count). The molecule has 0 aromatic heterocycles. The fourth-order valence-corrected chi connectivity index (χ4v) is 3.34. The van der Waals surface area contributed by atoms with E-state index in [0.717, 1.165) is 29.0 Å². The van der Waals surface area contributed by atoms with Gasteiger partial charge in [0.1, 0.15) is 17.6 Å². The van der Waals surface area contributed by atoms with Crippen molar-refractivity contribution < 1.29 is 19.1 Å². The van der Waals surface area contributed by atoms with E-state index in [1.165, 1.54) is 6.08 Å². The second-order valence-corrected chi connectivity index (χ2v) is 7.56. The number of anilines is 1. The molecule has 0 radical (unpaired) electrons. The lowest BCUT2D eigenvalue weighted by Crippen LogP contribution is -2.30. The van der Waals surface area contributed by atoms with Gasteiger partial charge in [-0.05, 0) is 58.0 Å². The quantitative estimate of drug-likeness (QED) is 0.673. The molecule has 2 aromatic carbocycles. The van der Waals surface area contributed by atoms with E-state index in [1.54, 1.807) is 30.3 Å². The normalized spacial score (nSPS) is 15.0. The third-order valence-electron chi connectivity index (χ3n) is 4.59. The average Bonchev–Trinajstić information content (AvgIpc) is 3.05. The van der Waals surface area contributed by atoms with Gasteiger partial charge in [0.15, 0.2) is 0 Å². The maximum Gasteiger partial charge on any atom is 0.253 e. The van der Waals surface area contributed by atoms with Gasteiger partial charge in [-0.15, -0.1) is 0 Å². The number of fused-ring (bicyclic) bond motifs is 1. The van der Waals surface area contributed by atoms with Crippen LogP contribution in [0.15, 0.2) is 42.5 Å². The molecule has 0 bridgehead atoms. The number of hydrogen-bond acceptors (Lipinski definition) is 4. The molecule has 1 unspecified atom stereocenters. The summed E-state index contributed by atoms with van der Waals surface area (Å²) in [6.45, 7) is 8.25. The molecule has 6 heteroatoms. The summed E-state index contributed by atoms with van der Waals surface area (Å²) < 4.78 is 11.6. The van der Waals surface area contributed by atoms with Gasteiger partial charge >= 0.3 is 0 Å². The monoisotopic (exact) mass is 408 g/mol. The predicted molar refractivity (Wildman–Crippen MR) is 118 cm³/mol. The van der Waals surface area contributed by atoms with Crippen molar-refractivity contribution in [2.75, 3.05) is 11.9 Å². The Morgan fingerprint density at radius 3 is 2.77 bits per heavy atom. The smallest absolute Gasteiger partial charge is 0.253 e. The fraction of sp³-hybridized carbons (Fsp3) is 0.333. The largest absolute Gasteiger partial charge is 0.493 e. The van der Waals surface area contributed by atoms with E-state index in [0.29, 0.717) is 17.9 Å². The van der Waals surface area contributed by atoms with Crippen molar-refractivity contribution in [3.8, 4) is 11.5 Å². The molecule has 6 nitrogen and oxygen atoms in total. The van der Waals surface area contributed by atoms with Crippen LogP contribution in [-0.4, -0.2) is 30.6 Å². The number of carbonyl (C=O) groups is 2. The summed E-state index contributed by atoms with van der Waals surface area (Å²) in [4.78, 5) is 24.9. The Morgan fingerprint density at radius 1 is 1.27 bits per heavy atom. The predicted octanol–water partition coefficient (Wildman–Crippen LogP) is 4.20. The number of rotatable bonds is 7. The highest BCUT2D eigenvalue weighted by Crippen LogP contribution is 2.35. The van der Waals surface area contributed by atoms with Crippen LogP contribution in [0.2, 0.25) is 0 Å². The molecule has 1 atom stereocenters. The van der Waals surface area contributed by atoms with Crippen LogP contribution in [0.1, 0.15) is 49.2 Å². The average molecular weight is 408 g/mol. The first-order chi connectivity index (χ1) is 14.4. The molecular formula is C24H28N2O4. The van der Waals surface area contributed by atoms with Crippen LogP contribution in [0.4, 0.5) is 5.69 Å². The van der Waals surface area contributed by atoms with Gasteiger partial charge in [-0.25, -0.2) is 0 Å². The van der Waals surface area contributed by atoms with E-state index in [4.69, 9.17) is 9.47 Å². The number of carbonyl (C=O) groups excluding carboxylic acids is 2. The van der Waals surface area contributed by atoms with Crippen molar-refractivity contribution in [2.24, 2.45) is 0 Å². The summed E-state index contributed by atoms with van der Waals surface area (Å²) in [5, 5.41) is 5.63. The molecule has 0 spiro atoms. The van der Waals surface area contributed by atoms with Crippen LogP contribution < -0.4 is 20.1 Å². The fourth-order valence-electron chi connectivity index (χ4n) is 3.34. The van der Waals surface area contributed by atoms with E-state index in [-0.39, 0.29) is 24.0 Å². The van der Waals surface area contributed by atoms with Crippen molar-refractivity contribution in [2.45, 2.75) is 46.3 Å². The van der Waals surface area contributed by atoms with Crippen LogP contribution >= 0.6 is 0 Å². The van der Waals surface area contributed by atoms with Crippen LogP contribution in [0, 0.1) is 0 Å². The minimum absolute atomic E-state index is 0.00267. The minimum Gasteiger partial charge on any atom is -0.493 e. The Morgan fingerprint density at radius 2 is 2.03 bits per heavy atom. The zero-order valence-electron chi connectivity index (χ0n) is 17.8. The number of benzene rings is 2. The number of nitrogens with one attached hydrogen (secondary N) is 2. The van der Waals surface area contributed by atoms with Gasteiger partial charge in [0, 0.05) is 29.7 Å². The second-order valence-electron chi connectivity index (χ2n) is 7.56. The number of hydrogen-bond donors (Lipinski definition) is 2. The molecule has 0 fully saturated rings. The van der Waals surface area contributed by atoms with Crippen molar-refractivity contribution >= 4 is 23.6 Å². The molecule has 0 aliphatic carbocycles. The van der Waals surface area contributed by atoms with Gasteiger partial charge < -0.3 is 20.1 Å². The lowest BCUT2D eigenvalue weighted by atomic mass is 10.1. The summed E-state index contributed by atoms with van der Waals surface area (Å²) in [5.41, 5.74) is 2.76. The summed E-state index contributed by atoms with van der Waals surface area (Å²) in [5.74, 6) is 0.974. The van der Waals surface area contributed by atoms with Crippen molar-refractivity contribution in [1.29, 1.82) is 0 Å². The highest BCUT2D eigenvalue weighted by molar-refractivity contribution is 6.07. The standard InChI is InChI=1S/C24H28N2O4/c1-5-29-21-14-18-12-16(4)30-22(18)13-17(21)10-11-23(27)26-20-9-7-6-8-19(20)24(28)25-15(2)3/h6-11,13-16H,5,12H2,1-4H3,(H,25,28)(H,26,27)/b11-10+. The third kappa shape index (κ3) is 5.20. The highest BCUT2D eigenvalue weighted by Gasteiger charge is 2.21. The lowest BCUT2D eigenvalue weighted by Gasteiger charge is -2.12. The van der Waals surface area contributed by atoms with Gasteiger partial charge in [-0.3, -0.25) is 9.59 Å². The Kier molecular flexibility index (Phi) is 6.77. The zero-order chi connectivity index (χ0) is 21.7. The van der Waals surface area contributed by atoms with E-state index in [9.17, 15) is 9.59 Å². The first-order valence-electron chi connectivity index (χ1n) is 10.2. The molecule has 1 heterocycles. The Balaban J connectivity index is 1.78. The highest BCUT2D eigenvalue weighted by atomic mass is 16.5. The molecule has 158 valence electrons. The summed E-state index contributed by atoms with van der Waals surface area (Å²) in [6.07, 6.45) is 4.10. The number of ether oxygens (including phenoxy) is 2. The molecule has 30 heavy (non-hydrogen) atoms. The summed E-state index contributed by atoms with van der Waals surface area (Å²) in [7, 11) is 0. The van der Waals surface area contributed by atoms with Crippen LogP contribution in [-0.2, 0) is 11.2 Å². The van der Waals surface area contributed by atoms with Crippen LogP contribution in [0.3, 0.4) is 0 Å². The lowest BCUT2D eigenvalue weighted by molar-refractivity contribution is -0.111. The van der Waals surface area contributed by atoms with Crippen molar-refractivity contribution in [3.05, 3.63) is 59.2 Å². The van der Waals surface area contributed by atoms with Gasteiger partial charge in [0.05, 0.1) is 17.9 Å².